The molecule has 4 heteroatoms. The first-order chi connectivity index (χ1) is 7.66. The first-order valence-corrected chi connectivity index (χ1v) is 5.14. The molecule has 0 amide bonds. The highest BCUT2D eigenvalue weighted by Gasteiger charge is 2.05. The fourth-order valence-electron chi connectivity index (χ4n) is 1.60. The van der Waals surface area contributed by atoms with E-state index in [1.165, 1.54) is 0 Å². The first kappa shape index (κ1) is 10.6. The summed E-state index contributed by atoms with van der Waals surface area (Å²) in [6, 6.07) is 9.41. The largest absolute Gasteiger partial charge is 0.399 e. The van der Waals surface area contributed by atoms with Crippen LogP contribution in [0.3, 0.4) is 0 Å². The van der Waals surface area contributed by atoms with E-state index in [9.17, 15) is 5.11 Å². The highest BCUT2D eigenvalue weighted by Crippen LogP contribution is 2.23. The molecule has 4 N–H and O–H groups in total. The number of anilines is 2. The molecule has 4 nitrogen and oxygen atoms in total. The highest BCUT2D eigenvalue weighted by molar-refractivity contribution is 5.66. The van der Waals surface area contributed by atoms with E-state index in [-0.39, 0.29) is 0 Å². The molecule has 0 saturated heterocycles. The van der Waals surface area contributed by atoms with E-state index in [0.29, 0.717) is 5.69 Å². The zero-order chi connectivity index (χ0) is 11.5. The van der Waals surface area contributed by atoms with Crippen LogP contribution in [0.2, 0.25) is 0 Å². The van der Waals surface area contributed by atoms with E-state index in [0.717, 1.165) is 11.4 Å². The molecule has 1 aromatic carbocycles. The Balaban J connectivity index is 2.45. The summed E-state index contributed by atoms with van der Waals surface area (Å²) in [5.41, 5.74) is 8.22. The van der Waals surface area contributed by atoms with Crippen LogP contribution < -0.4 is 11.1 Å². The fraction of sp³-hybridized carbons (Fsp3) is 0.167. The minimum Gasteiger partial charge on any atom is -0.399 e. The fourth-order valence-corrected chi connectivity index (χ4v) is 1.60. The van der Waals surface area contributed by atoms with Crippen molar-refractivity contribution in [2.45, 2.75) is 13.2 Å². The van der Waals surface area contributed by atoms with Gasteiger partial charge in [-0.15, -0.1) is 0 Å². The quantitative estimate of drug-likeness (QED) is 0.542. The van der Waals surface area contributed by atoms with Crippen LogP contribution in [-0.4, -0.2) is 15.9 Å². The Hall–Kier alpha value is -1.94. The summed E-state index contributed by atoms with van der Waals surface area (Å²) < 4.78 is 1.95. The molecule has 0 bridgehead atoms. The molecule has 1 atom stereocenters. The van der Waals surface area contributed by atoms with Gasteiger partial charge >= 0.3 is 0 Å². The molecule has 2 rings (SSSR count). The van der Waals surface area contributed by atoms with Crippen molar-refractivity contribution in [3.63, 3.8) is 0 Å². The lowest BCUT2D eigenvalue weighted by molar-refractivity contribution is 0.224. The Labute approximate surface area is 94.3 Å². The molecule has 0 radical (unpaired) electrons. The van der Waals surface area contributed by atoms with E-state index in [4.69, 9.17) is 5.73 Å². The Morgan fingerprint density at radius 1 is 1.31 bits per heavy atom. The maximum atomic E-state index is 9.35. The number of hydrogen-bond donors (Lipinski definition) is 3. The maximum absolute atomic E-state index is 9.35. The Morgan fingerprint density at radius 2 is 2.00 bits per heavy atom. The standard InChI is InChI=1S/C12H15N3O/c1-9(16)14-11-5-4-10(13)8-12(11)15-6-2-3-7-15/h2-9,14,16H,13H2,1H3. The molecule has 0 fully saturated rings. The van der Waals surface area contributed by atoms with Crippen LogP contribution in [0.4, 0.5) is 11.4 Å². The smallest absolute Gasteiger partial charge is 0.121 e. The summed E-state index contributed by atoms with van der Waals surface area (Å²) in [7, 11) is 0. The Bertz CT molecular complexity index is 463. The number of aliphatic hydroxyl groups is 1. The second kappa shape index (κ2) is 4.28. The van der Waals surface area contributed by atoms with Gasteiger partial charge < -0.3 is 20.7 Å². The molecular weight excluding hydrogens is 202 g/mol. The lowest BCUT2D eigenvalue weighted by Crippen LogP contribution is -2.15. The van der Waals surface area contributed by atoms with E-state index in [1.54, 1.807) is 13.0 Å². The van der Waals surface area contributed by atoms with Crippen molar-refractivity contribution < 1.29 is 5.11 Å². The van der Waals surface area contributed by atoms with Crippen molar-refractivity contribution in [2.24, 2.45) is 0 Å². The van der Waals surface area contributed by atoms with Gasteiger partial charge in [0, 0.05) is 18.1 Å². The second-order valence-corrected chi connectivity index (χ2v) is 3.69. The van der Waals surface area contributed by atoms with Crippen LogP contribution in [0.1, 0.15) is 6.92 Å². The van der Waals surface area contributed by atoms with E-state index >= 15 is 0 Å². The van der Waals surface area contributed by atoms with Gasteiger partial charge in [-0.2, -0.15) is 0 Å². The van der Waals surface area contributed by atoms with Gasteiger partial charge in [-0.25, -0.2) is 0 Å². The van der Waals surface area contributed by atoms with Crippen LogP contribution in [0.25, 0.3) is 5.69 Å². The molecule has 0 aliphatic heterocycles. The zero-order valence-corrected chi connectivity index (χ0v) is 9.09. The molecule has 0 saturated carbocycles. The van der Waals surface area contributed by atoms with Crippen LogP contribution in [0.5, 0.6) is 0 Å². The zero-order valence-electron chi connectivity index (χ0n) is 9.09. The molecular formula is C12H15N3O. The number of rotatable bonds is 3. The Morgan fingerprint density at radius 3 is 2.62 bits per heavy atom. The van der Waals surface area contributed by atoms with Crippen molar-refractivity contribution in [2.75, 3.05) is 11.1 Å². The van der Waals surface area contributed by atoms with Gasteiger partial charge in [0.05, 0.1) is 11.4 Å². The molecule has 84 valence electrons. The van der Waals surface area contributed by atoms with E-state index < -0.39 is 6.23 Å². The summed E-state index contributed by atoms with van der Waals surface area (Å²) >= 11 is 0. The van der Waals surface area contributed by atoms with Gasteiger partial charge in [-0.1, -0.05) is 0 Å². The van der Waals surface area contributed by atoms with Crippen LogP contribution in [0, 0.1) is 0 Å². The number of nitrogens with one attached hydrogen (secondary N) is 1. The molecule has 16 heavy (non-hydrogen) atoms. The number of hydrogen-bond acceptors (Lipinski definition) is 3. The SMILES string of the molecule is CC(O)Nc1ccc(N)cc1-n1cccc1. The molecule has 0 aliphatic rings. The van der Waals surface area contributed by atoms with Crippen molar-refractivity contribution in [3.8, 4) is 5.69 Å². The van der Waals surface area contributed by atoms with Gasteiger partial charge in [0.15, 0.2) is 0 Å². The lowest BCUT2D eigenvalue weighted by Gasteiger charge is -2.15. The Kier molecular flexibility index (Phi) is 2.83. The summed E-state index contributed by atoms with van der Waals surface area (Å²) in [4.78, 5) is 0. The minimum absolute atomic E-state index is 0.599. The van der Waals surface area contributed by atoms with Gasteiger partial charge in [0.25, 0.3) is 0 Å². The number of nitrogens with zero attached hydrogens (tertiary/aromatic N) is 1. The van der Waals surface area contributed by atoms with Crippen molar-refractivity contribution in [1.29, 1.82) is 0 Å². The summed E-state index contributed by atoms with van der Waals surface area (Å²) in [6.07, 6.45) is 3.27. The molecule has 2 aromatic rings. The number of aromatic nitrogens is 1. The first-order valence-electron chi connectivity index (χ1n) is 5.14. The third-order valence-electron chi connectivity index (χ3n) is 2.27. The van der Waals surface area contributed by atoms with Gasteiger partial charge in [0.2, 0.25) is 0 Å². The second-order valence-electron chi connectivity index (χ2n) is 3.69. The molecule has 1 unspecified atom stereocenters. The number of aliphatic hydroxyl groups excluding tert-OH is 1. The number of nitrogens with two attached hydrogens (primary N) is 1. The predicted molar refractivity (Wildman–Crippen MR) is 65.5 cm³/mol. The normalized spacial score (nSPS) is 12.4. The van der Waals surface area contributed by atoms with E-state index in [2.05, 4.69) is 5.32 Å². The summed E-state index contributed by atoms with van der Waals surface area (Å²) in [6.45, 7) is 1.68. The molecule has 1 heterocycles. The van der Waals surface area contributed by atoms with Crippen LogP contribution in [0.15, 0.2) is 42.7 Å². The van der Waals surface area contributed by atoms with E-state index in [1.807, 2.05) is 41.2 Å². The summed E-state index contributed by atoms with van der Waals surface area (Å²) in [5.74, 6) is 0. The minimum atomic E-state index is -0.599. The molecule has 0 aliphatic carbocycles. The average molecular weight is 217 g/mol. The van der Waals surface area contributed by atoms with Crippen molar-refractivity contribution >= 4 is 11.4 Å². The van der Waals surface area contributed by atoms with Gasteiger partial charge in [0.1, 0.15) is 6.23 Å². The van der Waals surface area contributed by atoms with Crippen LogP contribution in [-0.2, 0) is 0 Å². The van der Waals surface area contributed by atoms with Gasteiger partial charge in [-0.3, -0.25) is 0 Å². The third kappa shape index (κ3) is 2.17. The van der Waals surface area contributed by atoms with Crippen molar-refractivity contribution in [1.82, 2.24) is 4.57 Å². The molecule has 1 aromatic heterocycles. The number of benzene rings is 1. The van der Waals surface area contributed by atoms with Crippen molar-refractivity contribution in [3.05, 3.63) is 42.7 Å². The molecule has 0 spiro atoms. The third-order valence-corrected chi connectivity index (χ3v) is 2.27. The number of nitrogen functional groups attached to an aromatic ring is 1. The van der Waals surface area contributed by atoms with Crippen LogP contribution >= 0.6 is 0 Å². The maximum Gasteiger partial charge on any atom is 0.121 e. The van der Waals surface area contributed by atoms with Gasteiger partial charge in [-0.05, 0) is 37.3 Å². The monoisotopic (exact) mass is 217 g/mol. The average Bonchev–Trinajstić information content (AvgIpc) is 2.73. The predicted octanol–water partition coefficient (Wildman–Crippen LogP) is 1.81. The highest BCUT2D eigenvalue weighted by atomic mass is 16.3. The lowest BCUT2D eigenvalue weighted by atomic mass is 10.2. The summed E-state index contributed by atoms with van der Waals surface area (Å²) in [5, 5.41) is 12.3. The topological polar surface area (TPSA) is 63.2 Å².